The second kappa shape index (κ2) is 9.79. The zero-order valence-corrected chi connectivity index (χ0v) is 17.6. The summed E-state index contributed by atoms with van der Waals surface area (Å²) in [5.41, 5.74) is 0.916. The predicted octanol–water partition coefficient (Wildman–Crippen LogP) is 3.83. The molecule has 0 atom stereocenters. The van der Waals surface area contributed by atoms with Gasteiger partial charge in [-0.1, -0.05) is 6.07 Å². The highest BCUT2D eigenvalue weighted by Gasteiger charge is 2.25. The number of benzene rings is 1. The van der Waals surface area contributed by atoms with E-state index in [1.807, 2.05) is 50.1 Å². The lowest BCUT2D eigenvalue weighted by molar-refractivity contribution is -0.127. The number of ether oxygens (including phenoxy) is 2. The molecular weight excluding hydrogens is 340 g/mol. The minimum Gasteiger partial charge on any atom is -0.493 e. The molecule has 2 rings (SSSR count). The highest BCUT2D eigenvalue weighted by Crippen LogP contribution is 2.29. The van der Waals surface area contributed by atoms with Gasteiger partial charge in [0.25, 0.3) is 0 Å². The molecule has 1 heterocycles. The molecule has 0 saturated carbocycles. The largest absolute Gasteiger partial charge is 0.493 e. The van der Waals surface area contributed by atoms with Crippen LogP contribution >= 0.6 is 0 Å². The minimum atomic E-state index is 0.0412. The van der Waals surface area contributed by atoms with Crippen LogP contribution in [0.4, 0.5) is 0 Å². The molecule has 1 aromatic rings. The molecule has 0 bridgehead atoms. The fourth-order valence-corrected chi connectivity index (χ4v) is 3.39. The van der Waals surface area contributed by atoms with E-state index >= 15 is 0 Å². The van der Waals surface area contributed by atoms with Gasteiger partial charge >= 0.3 is 0 Å². The Balaban J connectivity index is 1.97. The summed E-state index contributed by atoms with van der Waals surface area (Å²) < 4.78 is 11.1. The number of likely N-dealkylation sites (N-methyl/N-ethyl adjacent to an activating group) is 1. The third-order valence-electron chi connectivity index (χ3n) is 5.09. The van der Waals surface area contributed by atoms with Crippen LogP contribution in [0, 0.1) is 0 Å². The van der Waals surface area contributed by atoms with Gasteiger partial charge in [0.1, 0.15) is 0 Å². The first-order valence-electron chi connectivity index (χ1n) is 9.85. The molecule has 0 unspecified atom stereocenters. The Morgan fingerprint density at radius 1 is 1.19 bits per heavy atom. The quantitative estimate of drug-likeness (QED) is 0.680. The monoisotopic (exact) mass is 374 g/mol. The fraction of sp³-hybridized carbons (Fsp3) is 0.591. The normalized spacial score (nSPS) is 16.3. The summed E-state index contributed by atoms with van der Waals surface area (Å²) >= 11 is 0. The molecule has 1 aromatic carbocycles. The van der Waals surface area contributed by atoms with Crippen molar-refractivity contribution in [1.29, 1.82) is 0 Å². The number of likely N-dealkylation sites (tertiary alicyclic amines) is 1. The minimum absolute atomic E-state index is 0.0412. The summed E-state index contributed by atoms with van der Waals surface area (Å²) in [6.07, 6.45) is 5.63. The summed E-state index contributed by atoms with van der Waals surface area (Å²) in [4.78, 5) is 16.9. The molecule has 0 spiro atoms. The first-order valence-corrected chi connectivity index (χ1v) is 9.85. The zero-order chi connectivity index (χ0) is 20.0. The van der Waals surface area contributed by atoms with Gasteiger partial charge in [-0.2, -0.15) is 0 Å². The lowest BCUT2D eigenvalue weighted by Crippen LogP contribution is -2.47. The maximum Gasteiger partial charge on any atom is 0.246 e. The van der Waals surface area contributed by atoms with Crippen LogP contribution in [0.5, 0.6) is 11.5 Å². The summed E-state index contributed by atoms with van der Waals surface area (Å²) in [6.45, 7) is 10.5. The van der Waals surface area contributed by atoms with Crippen LogP contribution in [0.3, 0.4) is 0 Å². The smallest absolute Gasteiger partial charge is 0.246 e. The highest BCUT2D eigenvalue weighted by molar-refractivity contribution is 5.91. The number of carbonyl (C=O) groups is 1. The van der Waals surface area contributed by atoms with Gasteiger partial charge in [0.15, 0.2) is 11.5 Å². The van der Waals surface area contributed by atoms with Gasteiger partial charge in [-0.3, -0.25) is 4.79 Å². The molecule has 1 saturated heterocycles. The van der Waals surface area contributed by atoms with E-state index in [-0.39, 0.29) is 12.0 Å². The van der Waals surface area contributed by atoms with Gasteiger partial charge in [0.2, 0.25) is 5.91 Å². The third kappa shape index (κ3) is 5.99. The molecule has 0 aromatic heterocycles. The van der Waals surface area contributed by atoms with E-state index < -0.39 is 0 Å². The van der Waals surface area contributed by atoms with Crippen molar-refractivity contribution in [3.05, 3.63) is 29.8 Å². The Morgan fingerprint density at radius 3 is 2.41 bits per heavy atom. The molecule has 0 radical (unpaired) electrons. The molecule has 0 N–H and O–H groups in total. The van der Waals surface area contributed by atoms with Crippen LogP contribution in [0.15, 0.2) is 24.3 Å². The van der Waals surface area contributed by atoms with Crippen LogP contribution in [-0.2, 0) is 4.79 Å². The van der Waals surface area contributed by atoms with Gasteiger partial charge < -0.3 is 19.3 Å². The molecule has 5 nitrogen and oxygen atoms in total. The van der Waals surface area contributed by atoms with Crippen molar-refractivity contribution in [2.24, 2.45) is 0 Å². The summed E-state index contributed by atoms with van der Waals surface area (Å²) in [5.74, 6) is 1.43. The Labute approximate surface area is 163 Å². The average Bonchev–Trinajstić information content (AvgIpc) is 2.65. The highest BCUT2D eigenvalue weighted by atomic mass is 16.5. The maximum atomic E-state index is 12.6. The van der Waals surface area contributed by atoms with Crippen molar-refractivity contribution in [3.8, 4) is 11.5 Å². The van der Waals surface area contributed by atoms with E-state index in [9.17, 15) is 4.79 Å². The van der Waals surface area contributed by atoms with Gasteiger partial charge in [-0.15, -0.1) is 0 Å². The molecule has 150 valence electrons. The molecule has 1 aliphatic heterocycles. The van der Waals surface area contributed by atoms with Crippen molar-refractivity contribution in [2.45, 2.75) is 58.7 Å². The zero-order valence-electron chi connectivity index (χ0n) is 17.6. The number of hydrogen-bond acceptors (Lipinski definition) is 4. The molecule has 0 aliphatic carbocycles. The molecule has 5 heteroatoms. The van der Waals surface area contributed by atoms with E-state index in [1.165, 1.54) is 0 Å². The standard InChI is InChI=1S/C22H34N2O3/c1-16(2)24-13-11-19(12-14-24)23(5)22(25)10-8-18-7-9-20(27-17(3)4)21(15-18)26-6/h7-10,15-17,19H,11-14H2,1-6H3/b10-8+. The van der Waals surface area contributed by atoms with Gasteiger partial charge in [0.05, 0.1) is 13.2 Å². The molecule has 27 heavy (non-hydrogen) atoms. The number of carbonyl (C=O) groups excluding carboxylic acids is 1. The molecule has 1 amide bonds. The Hall–Kier alpha value is -2.01. The van der Waals surface area contributed by atoms with Gasteiger partial charge in [-0.25, -0.2) is 0 Å². The van der Waals surface area contributed by atoms with Crippen molar-refractivity contribution >= 4 is 12.0 Å². The van der Waals surface area contributed by atoms with E-state index in [1.54, 1.807) is 13.2 Å². The predicted molar refractivity (Wildman–Crippen MR) is 110 cm³/mol. The number of methoxy groups -OCH3 is 1. The third-order valence-corrected chi connectivity index (χ3v) is 5.09. The van der Waals surface area contributed by atoms with Crippen LogP contribution in [-0.4, -0.2) is 61.1 Å². The van der Waals surface area contributed by atoms with Crippen LogP contribution in [0.25, 0.3) is 6.08 Å². The number of nitrogens with zero attached hydrogens (tertiary/aromatic N) is 2. The number of rotatable bonds is 7. The second-order valence-electron chi connectivity index (χ2n) is 7.72. The summed E-state index contributed by atoms with van der Waals surface area (Å²) in [5, 5.41) is 0. The van der Waals surface area contributed by atoms with E-state index in [2.05, 4.69) is 18.7 Å². The molecule has 1 fully saturated rings. The first kappa shape index (κ1) is 21.3. The van der Waals surface area contributed by atoms with Crippen molar-refractivity contribution in [1.82, 2.24) is 9.80 Å². The lowest BCUT2D eigenvalue weighted by atomic mass is 10.0. The van der Waals surface area contributed by atoms with Gasteiger partial charge in [-0.05, 0) is 64.3 Å². The average molecular weight is 375 g/mol. The first-order chi connectivity index (χ1) is 12.8. The van der Waals surface area contributed by atoms with Crippen molar-refractivity contribution < 1.29 is 14.3 Å². The summed E-state index contributed by atoms with van der Waals surface area (Å²) in [7, 11) is 3.53. The van der Waals surface area contributed by atoms with Crippen LogP contribution in [0.1, 0.15) is 46.1 Å². The number of piperidine rings is 1. The second-order valence-corrected chi connectivity index (χ2v) is 7.72. The van der Waals surface area contributed by atoms with E-state index in [0.717, 1.165) is 31.5 Å². The lowest BCUT2D eigenvalue weighted by Gasteiger charge is -2.38. The Morgan fingerprint density at radius 2 is 1.85 bits per heavy atom. The van der Waals surface area contributed by atoms with Crippen molar-refractivity contribution in [3.63, 3.8) is 0 Å². The Bertz CT molecular complexity index is 647. The van der Waals surface area contributed by atoms with E-state index in [4.69, 9.17) is 9.47 Å². The SMILES string of the molecule is COc1cc(/C=C/C(=O)N(C)C2CCN(C(C)C)CC2)ccc1OC(C)C. The number of amides is 1. The fourth-order valence-electron chi connectivity index (χ4n) is 3.39. The topological polar surface area (TPSA) is 42.0 Å². The summed E-state index contributed by atoms with van der Waals surface area (Å²) in [6, 6.07) is 6.60. The Kier molecular flexibility index (Phi) is 7.72. The van der Waals surface area contributed by atoms with Crippen molar-refractivity contribution in [2.75, 3.05) is 27.2 Å². The van der Waals surface area contributed by atoms with Crippen LogP contribution < -0.4 is 9.47 Å². The van der Waals surface area contributed by atoms with Crippen LogP contribution in [0.2, 0.25) is 0 Å². The molecule has 1 aliphatic rings. The van der Waals surface area contributed by atoms with E-state index in [0.29, 0.717) is 23.6 Å². The van der Waals surface area contributed by atoms with Gasteiger partial charge in [0, 0.05) is 38.3 Å². The molecular formula is C22H34N2O3. The maximum absolute atomic E-state index is 12.6. The number of hydrogen-bond donors (Lipinski definition) is 0.